The number of nitrogens with one attached hydrogen (secondary N) is 3. The van der Waals surface area contributed by atoms with Crippen molar-refractivity contribution in [2.45, 2.75) is 6.42 Å². The van der Waals surface area contributed by atoms with E-state index in [-0.39, 0.29) is 5.91 Å². The Hall–Kier alpha value is -3.15. The lowest BCUT2D eigenvalue weighted by Gasteiger charge is -2.04. The third kappa shape index (κ3) is 2.66. The summed E-state index contributed by atoms with van der Waals surface area (Å²) in [5.74, 6) is 0.771. The summed E-state index contributed by atoms with van der Waals surface area (Å²) in [6, 6.07) is 13.3. The summed E-state index contributed by atoms with van der Waals surface area (Å²) >= 11 is 0. The zero-order valence-electron chi connectivity index (χ0n) is 12.3. The summed E-state index contributed by atoms with van der Waals surface area (Å²) in [5, 5.41) is 2.92. The summed E-state index contributed by atoms with van der Waals surface area (Å²) in [6.45, 7) is 0.527. The molecule has 4 rings (SSSR count). The number of hydrogen-bond acceptors (Lipinski definition) is 3. The molecule has 0 bridgehead atoms. The average molecular weight is 305 g/mol. The van der Waals surface area contributed by atoms with Crippen molar-refractivity contribution in [3.8, 4) is 0 Å². The van der Waals surface area contributed by atoms with E-state index in [2.05, 4.69) is 25.3 Å². The highest BCUT2D eigenvalue weighted by Crippen LogP contribution is 2.12. The van der Waals surface area contributed by atoms with E-state index in [0.29, 0.717) is 18.5 Å². The minimum Gasteiger partial charge on any atom is -0.352 e. The number of benzene rings is 2. The van der Waals surface area contributed by atoms with Crippen LogP contribution in [-0.4, -0.2) is 32.4 Å². The molecule has 0 saturated carbocycles. The molecule has 0 fully saturated rings. The van der Waals surface area contributed by atoms with Gasteiger partial charge in [-0.15, -0.1) is 0 Å². The quantitative estimate of drug-likeness (QED) is 0.541. The second-order valence-corrected chi connectivity index (χ2v) is 5.34. The number of para-hydroxylation sites is 2. The normalized spacial score (nSPS) is 11.1. The van der Waals surface area contributed by atoms with Crippen molar-refractivity contribution in [1.82, 2.24) is 25.3 Å². The fourth-order valence-corrected chi connectivity index (χ4v) is 2.60. The molecule has 0 aliphatic heterocycles. The van der Waals surface area contributed by atoms with Crippen LogP contribution in [0, 0.1) is 0 Å². The number of amides is 1. The van der Waals surface area contributed by atoms with E-state index in [4.69, 9.17) is 0 Å². The number of carbonyl (C=O) groups excluding carboxylic acids is 1. The number of imidazole rings is 2. The SMILES string of the molecule is O=C(NCCc1nc2ccccc2[nH]1)c1ccc2nc[nH]c2c1. The van der Waals surface area contributed by atoms with Crippen LogP contribution in [0.25, 0.3) is 22.1 Å². The Morgan fingerprint density at radius 2 is 2.00 bits per heavy atom. The molecule has 0 unspecified atom stereocenters. The van der Waals surface area contributed by atoms with Gasteiger partial charge in [-0.1, -0.05) is 12.1 Å². The van der Waals surface area contributed by atoms with Gasteiger partial charge in [-0.05, 0) is 30.3 Å². The van der Waals surface area contributed by atoms with E-state index >= 15 is 0 Å². The first-order valence-electron chi connectivity index (χ1n) is 7.44. The molecule has 3 N–H and O–H groups in total. The summed E-state index contributed by atoms with van der Waals surface area (Å²) < 4.78 is 0. The van der Waals surface area contributed by atoms with Crippen molar-refractivity contribution in [2.75, 3.05) is 6.54 Å². The van der Waals surface area contributed by atoms with Gasteiger partial charge in [-0.2, -0.15) is 0 Å². The van der Waals surface area contributed by atoms with Crippen molar-refractivity contribution >= 4 is 28.0 Å². The molecule has 2 heterocycles. The van der Waals surface area contributed by atoms with Gasteiger partial charge in [0.15, 0.2) is 0 Å². The fraction of sp³-hybridized carbons (Fsp3) is 0.118. The molecule has 0 aliphatic carbocycles. The van der Waals surface area contributed by atoms with Crippen molar-refractivity contribution in [1.29, 1.82) is 0 Å². The maximum Gasteiger partial charge on any atom is 0.251 e. The average Bonchev–Trinajstić information content (AvgIpc) is 3.19. The van der Waals surface area contributed by atoms with Crippen LogP contribution in [0.2, 0.25) is 0 Å². The number of carbonyl (C=O) groups is 1. The lowest BCUT2D eigenvalue weighted by atomic mass is 10.2. The van der Waals surface area contributed by atoms with Gasteiger partial charge in [0.2, 0.25) is 0 Å². The minimum absolute atomic E-state index is 0.0994. The number of nitrogens with zero attached hydrogens (tertiary/aromatic N) is 2. The number of H-pyrrole nitrogens is 2. The first-order valence-corrected chi connectivity index (χ1v) is 7.44. The van der Waals surface area contributed by atoms with Gasteiger partial charge in [-0.25, -0.2) is 9.97 Å². The lowest BCUT2D eigenvalue weighted by molar-refractivity contribution is 0.0954. The maximum atomic E-state index is 12.2. The van der Waals surface area contributed by atoms with E-state index in [1.54, 1.807) is 18.5 Å². The summed E-state index contributed by atoms with van der Waals surface area (Å²) in [6.07, 6.45) is 2.28. The monoisotopic (exact) mass is 305 g/mol. The Balaban J connectivity index is 1.40. The zero-order chi connectivity index (χ0) is 15.6. The highest BCUT2D eigenvalue weighted by atomic mass is 16.1. The highest BCUT2D eigenvalue weighted by Gasteiger charge is 2.08. The third-order valence-corrected chi connectivity index (χ3v) is 3.77. The number of aromatic nitrogens is 4. The van der Waals surface area contributed by atoms with Gasteiger partial charge in [-0.3, -0.25) is 4.79 Å². The van der Waals surface area contributed by atoms with Gasteiger partial charge >= 0.3 is 0 Å². The van der Waals surface area contributed by atoms with Crippen LogP contribution in [0.5, 0.6) is 0 Å². The number of aromatic amines is 2. The van der Waals surface area contributed by atoms with Crippen LogP contribution in [0.15, 0.2) is 48.8 Å². The molecule has 0 radical (unpaired) electrons. The molecule has 23 heavy (non-hydrogen) atoms. The Bertz CT molecular complexity index is 952. The molecule has 4 aromatic rings. The number of rotatable bonds is 4. The molecule has 0 aliphatic rings. The molecule has 2 aromatic carbocycles. The molecular weight excluding hydrogens is 290 g/mol. The lowest BCUT2D eigenvalue weighted by Crippen LogP contribution is -2.25. The van der Waals surface area contributed by atoms with E-state index < -0.39 is 0 Å². The zero-order valence-corrected chi connectivity index (χ0v) is 12.3. The van der Waals surface area contributed by atoms with E-state index in [0.717, 1.165) is 27.9 Å². The molecule has 114 valence electrons. The van der Waals surface area contributed by atoms with Gasteiger partial charge < -0.3 is 15.3 Å². The van der Waals surface area contributed by atoms with E-state index in [9.17, 15) is 4.79 Å². The molecule has 6 nitrogen and oxygen atoms in total. The number of hydrogen-bond donors (Lipinski definition) is 3. The van der Waals surface area contributed by atoms with Crippen molar-refractivity contribution < 1.29 is 4.79 Å². The standard InChI is InChI=1S/C17H15N5O/c23-17(11-5-6-12-15(9-11)20-10-19-12)18-8-7-16-21-13-3-1-2-4-14(13)22-16/h1-6,9-10H,7-8H2,(H,18,23)(H,19,20)(H,21,22). The second-order valence-electron chi connectivity index (χ2n) is 5.34. The van der Waals surface area contributed by atoms with E-state index in [1.807, 2.05) is 30.3 Å². The van der Waals surface area contributed by atoms with Gasteiger partial charge in [0.25, 0.3) is 5.91 Å². The predicted octanol–water partition coefficient (Wildman–Crippen LogP) is 2.41. The number of fused-ring (bicyclic) bond motifs is 2. The minimum atomic E-state index is -0.0994. The van der Waals surface area contributed by atoms with Crippen LogP contribution < -0.4 is 5.32 Å². The molecule has 0 saturated heterocycles. The second kappa shape index (κ2) is 5.57. The van der Waals surface area contributed by atoms with Crippen LogP contribution in [-0.2, 0) is 6.42 Å². The molecule has 0 atom stereocenters. The van der Waals surface area contributed by atoms with Gasteiger partial charge in [0, 0.05) is 18.5 Å². The van der Waals surface area contributed by atoms with Crippen molar-refractivity contribution in [2.24, 2.45) is 0 Å². The summed E-state index contributed by atoms with van der Waals surface area (Å²) in [4.78, 5) is 27.1. The van der Waals surface area contributed by atoms with Crippen LogP contribution >= 0.6 is 0 Å². The molecule has 1 amide bonds. The highest BCUT2D eigenvalue weighted by molar-refractivity contribution is 5.97. The fourth-order valence-electron chi connectivity index (χ4n) is 2.60. The van der Waals surface area contributed by atoms with Crippen molar-refractivity contribution in [3.63, 3.8) is 0 Å². The first kappa shape index (κ1) is 13.5. The van der Waals surface area contributed by atoms with Gasteiger partial charge in [0.05, 0.1) is 28.4 Å². The molecule has 6 heteroatoms. The van der Waals surface area contributed by atoms with Crippen molar-refractivity contribution in [3.05, 3.63) is 60.2 Å². The smallest absolute Gasteiger partial charge is 0.251 e. The maximum absolute atomic E-state index is 12.2. The van der Waals surface area contributed by atoms with Crippen LogP contribution in [0.3, 0.4) is 0 Å². The first-order chi connectivity index (χ1) is 11.3. The predicted molar refractivity (Wildman–Crippen MR) is 88.2 cm³/mol. The van der Waals surface area contributed by atoms with Gasteiger partial charge in [0.1, 0.15) is 5.82 Å². The van der Waals surface area contributed by atoms with Crippen LogP contribution in [0.1, 0.15) is 16.2 Å². The molecule has 2 aromatic heterocycles. The molecular formula is C17H15N5O. The Kier molecular flexibility index (Phi) is 3.27. The third-order valence-electron chi connectivity index (χ3n) is 3.77. The van der Waals surface area contributed by atoms with Crippen LogP contribution in [0.4, 0.5) is 0 Å². The largest absolute Gasteiger partial charge is 0.352 e. The Morgan fingerprint density at radius 3 is 2.91 bits per heavy atom. The topological polar surface area (TPSA) is 86.5 Å². The summed E-state index contributed by atoms with van der Waals surface area (Å²) in [7, 11) is 0. The molecule has 0 spiro atoms. The van der Waals surface area contributed by atoms with E-state index in [1.165, 1.54) is 0 Å². The summed E-state index contributed by atoms with van der Waals surface area (Å²) in [5.41, 5.74) is 4.28. The Labute approximate surface area is 132 Å². The Morgan fingerprint density at radius 1 is 1.09 bits per heavy atom.